The van der Waals surface area contributed by atoms with Crippen molar-refractivity contribution in [1.82, 2.24) is 0 Å². The second-order valence-corrected chi connectivity index (χ2v) is 3.75. The van der Waals surface area contributed by atoms with Gasteiger partial charge in [0.25, 0.3) is 0 Å². The van der Waals surface area contributed by atoms with Crippen molar-refractivity contribution in [3.05, 3.63) is 29.8 Å². The highest BCUT2D eigenvalue weighted by atomic mass is 19.4. The zero-order valence-electron chi connectivity index (χ0n) is 8.85. The van der Waals surface area contributed by atoms with Gasteiger partial charge in [-0.2, -0.15) is 18.3 Å². The van der Waals surface area contributed by atoms with Crippen LogP contribution in [0.3, 0.4) is 0 Å². The van der Waals surface area contributed by atoms with Crippen LogP contribution in [0.2, 0.25) is 0 Å². The lowest BCUT2D eigenvalue weighted by Crippen LogP contribution is -2.20. The van der Waals surface area contributed by atoms with Crippen LogP contribution in [0.5, 0.6) is 0 Å². The molecular formula is C11H11F3N2O. The van der Waals surface area contributed by atoms with Gasteiger partial charge in [0.15, 0.2) is 6.10 Å². The Morgan fingerprint density at radius 2 is 1.88 bits per heavy atom. The minimum Gasteiger partial charge on any atom is -0.379 e. The third kappa shape index (κ3) is 2.58. The van der Waals surface area contributed by atoms with Crippen LogP contribution in [0.25, 0.3) is 0 Å². The maximum Gasteiger partial charge on any atom is 0.418 e. The summed E-state index contributed by atoms with van der Waals surface area (Å²) in [6.07, 6.45) is -4.49. The van der Waals surface area contributed by atoms with Gasteiger partial charge >= 0.3 is 6.18 Å². The van der Waals surface area contributed by atoms with E-state index in [2.05, 4.69) is 5.10 Å². The van der Waals surface area contributed by atoms with Crippen molar-refractivity contribution in [2.45, 2.75) is 18.7 Å². The van der Waals surface area contributed by atoms with Gasteiger partial charge in [0, 0.05) is 19.2 Å². The van der Waals surface area contributed by atoms with Gasteiger partial charge < -0.3 is 5.11 Å². The molecule has 0 amide bonds. The molecule has 1 unspecified atom stereocenters. The standard InChI is InChI=1S/C11H11F3N2O/c12-11(13,14)10(17)8-2-4-9(5-3-8)16-7-1-6-15-16/h2-6,10,17H,1,7H2. The molecule has 1 heterocycles. The van der Waals surface area contributed by atoms with E-state index in [0.29, 0.717) is 0 Å². The van der Waals surface area contributed by atoms with Crippen molar-refractivity contribution < 1.29 is 18.3 Å². The van der Waals surface area contributed by atoms with Crippen LogP contribution in [-0.2, 0) is 0 Å². The minimum absolute atomic E-state index is 0.163. The van der Waals surface area contributed by atoms with Gasteiger partial charge in [0.1, 0.15) is 0 Å². The fourth-order valence-corrected chi connectivity index (χ4v) is 1.61. The highest BCUT2D eigenvalue weighted by Crippen LogP contribution is 2.33. The topological polar surface area (TPSA) is 35.8 Å². The van der Waals surface area contributed by atoms with E-state index >= 15 is 0 Å². The number of aliphatic hydroxyl groups is 1. The predicted octanol–water partition coefficient (Wildman–Crippen LogP) is 2.48. The molecule has 92 valence electrons. The summed E-state index contributed by atoms with van der Waals surface area (Å²) < 4.78 is 36.8. The van der Waals surface area contributed by atoms with Crippen LogP contribution in [-0.4, -0.2) is 24.0 Å². The van der Waals surface area contributed by atoms with Crippen molar-refractivity contribution in [1.29, 1.82) is 0 Å². The Kier molecular flexibility index (Phi) is 3.06. The van der Waals surface area contributed by atoms with Crippen molar-refractivity contribution in [2.75, 3.05) is 11.6 Å². The molecule has 0 aliphatic carbocycles. The number of anilines is 1. The largest absolute Gasteiger partial charge is 0.418 e. The molecule has 17 heavy (non-hydrogen) atoms. The summed E-state index contributed by atoms with van der Waals surface area (Å²) in [7, 11) is 0. The number of halogens is 3. The Morgan fingerprint density at radius 1 is 1.24 bits per heavy atom. The fraction of sp³-hybridized carbons (Fsp3) is 0.364. The SMILES string of the molecule is OC(c1ccc(N2CCC=N2)cc1)C(F)(F)F. The molecule has 0 fully saturated rings. The molecule has 0 bridgehead atoms. The highest BCUT2D eigenvalue weighted by molar-refractivity contribution is 5.65. The molecule has 1 aromatic rings. The first-order chi connectivity index (χ1) is 7.98. The van der Waals surface area contributed by atoms with Crippen LogP contribution in [0.4, 0.5) is 18.9 Å². The maximum absolute atomic E-state index is 12.3. The highest BCUT2D eigenvalue weighted by Gasteiger charge is 2.39. The number of rotatable bonds is 2. The fourth-order valence-electron chi connectivity index (χ4n) is 1.61. The van der Waals surface area contributed by atoms with Crippen LogP contribution < -0.4 is 5.01 Å². The molecule has 3 nitrogen and oxygen atoms in total. The normalized spacial score (nSPS) is 17.5. The van der Waals surface area contributed by atoms with Gasteiger partial charge in [-0.05, 0) is 17.7 Å². The molecule has 6 heteroatoms. The van der Waals surface area contributed by atoms with E-state index in [4.69, 9.17) is 5.11 Å². The quantitative estimate of drug-likeness (QED) is 0.867. The lowest BCUT2D eigenvalue weighted by Gasteiger charge is -2.17. The van der Waals surface area contributed by atoms with E-state index in [1.807, 2.05) is 0 Å². The zero-order chi connectivity index (χ0) is 12.5. The lowest BCUT2D eigenvalue weighted by atomic mass is 10.1. The summed E-state index contributed by atoms with van der Waals surface area (Å²) in [5.74, 6) is 0. The second kappa shape index (κ2) is 4.37. The Labute approximate surface area is 96.2 Å². The summed E-state index contributed by atoms with van der Waals surface area (Å²) in [6, 6.07) is 5.57. The van der Waals surface area contributed by atoms with Crippen molar-refractivity contribution >= 4 is 11.9 Å². The average Bonchev–Trinajstić information content (AvgIpc) is 2.80. The third-order valence-electron chi connectivity index (χ3n) is 2.51. The summed E-state index contributed by atoms with van der Waals surface area (Å²) in [5.41, 5.74) is 0.557. The number of alkyl halides is 3. The van der Waals surface area contributed by atoms with Crippen LogP contribution in [0.15, 0.2) is 29.4 Å². The number of benzene rings is 1. The smallest absolute Gasteiger partial charge is 0.379 e. The van der Waals surface area contributed by atoms with E-state index in [9.17, 15) is 13.2 Å². The Bertz CT molecular complexity index is 414. The monoisotopic (exact) mass is 244 g/mol. The van der Waals surface area contributed by atoms with E-state index < -0.39 is 12.3 Å². The van der Waals surface area contributed by atoms with Crippen molar-refractivity contribution in [2.24, 2.45) is 5.10 Å². The molecule has 1 aromatic carbocycles. The molecule has 1 atom stereocenters. The number of nitrogens with zero attached hydrogens (tertiary/aromatic N) is 2. The first kappa shape index (κ1) is 11.9. The van der Waals surface area contributed by atoms with E-state index in [0.717, 1.165) is 18.7 Å². The first-order valence-corrected chi connectivity index (χ1v) is 5.13. The van der Waals surface area contributed by atoms with Crippen molar-refractivity contribution in [3.8, 4) is 0 Å². The van der Waals surface area contributed by atoms with E-state index in [-0.39, 0.29) is 5.56 Å². The minimum atomic E-state index is -4.63. The van der Waals surface area contributed by atoms with Gasteiger partial charge in [0.05, 0.1) is 5.69 Å². The van der Waals surface area contributed by atoms with Crippen LogP contribution in [0.1, 0.15) is 18.1 Å². The second-order valence-electron chi connectivity index (χ2n) is 3.75. The van der Waals surface area contributed by atoms with Gasteiger partial charge in [0.2, 0.25) is 0 Å². The summed E-state index contributed by atoms with van der Waals surface area (Å²) in [6.45, 7) is 0.723. The van der Waals surface area contributed by atoms with E-state index in [1.54, 1.807) is 11.2 Å². The molecule has 0 spiro atoms. The molecule has 0 aromatic heterocycles. The molecule has 0 saturated carbocycles. The number of aliphatic hydroxyl groups excluding tert-OH is 1. The first-order valence-electron chi connectivity index (χ1n) is 5.13. The Hall–Kier alpha value is -1.56. The van der Waals surface area contributed by atoms with Gasteiger partial charge in [-0.25, -0.2) is 0 Å². The summed E-state index contributed by atoms with van der Waals surface area (Å²) in [5, 5.41) is 14.8. The predicted molar refractivity (Wildman–Crippen MR) is 57.9 cm³/mol. The number of hydrogen-bond acceptors (Lipinski definition) is 3. The van der Waals surface area contributed by atoms with Crippen molar-refractivity contribution in [3.63, 3.8) is 0 Å². The summed E-state index contributed by atoms with van der Waals surface area (Å²) >= 11 is 0. The van der Waals surface area contributed by atoms with Gasteiger partial charge in [-0.1, -0.05) is 12.1 Å². The molecular weight excluding hydrogens is 233 g/mol. The number of hydrogen-bond donors (Lipinski definition) is 1. The summed E-state index contributed by atoms with van der Waals surface area (Å²) in [4.78, 5) is 0. The van der Waals surface area contributed by atoms with Crippen LogP contribution in [0, 0.1) is 0 Å². The Morgan fingerprint density at radius 3 is 2.35 bits per heavy atom. The van der Waals surface area contributed by atoms with Gasteiger partial charge in [-0.3, -0.25) is 5.01 Å². The molecule has 1 aliphatic heterocycles. The lowest BCUT2D eigenvalue weighted by molar-refractivity contribution is -0.206. The zero-order valence-corrected chi connectivity index (χ0v) is 8.85. The molecule has 1 N–H and O–H groups in total. The van der Waals surface area contributed by atoms with Crippen LogP contribution >= 0.6 is 0 Å². The number of hydrazone groups is 1. The average molecular weight is 244 g/mol. The van der Waals surface area contributed by atoms with Gasteiger partial charge in [-0.15, -0.1) is 0 Å². The molecule has 0 radical (unpaired) electrons. The molecule has 2 rings (SSSR count). The molecule has 0 saturated heterocycles. The molecule has 1 aliphatic rings. The maximum atomic E-state index is 12.3. The van der Waals surface area contributed by atoms with E-state index in [1.165, 1.54) is 24.3 Å². The third-order valence-corrected chi connectivity index (χ3v) is 2.51. The Balaban J connectivity index is 2.15.